The lowest BCUT2D eigenvalue weighted by molar-refractivity contribution is 0.146. The van der Waals surface area contributed by atoms with Crippen molar-refractivity contribution in [2.45, 2.75) is 31.6 Å². The maximum Gasteiger partial charge on any atom is 0.238 e. The van der Waals surface area contributed by atoms with Crippen LogP contribution in [-0.4, -0.2) is 66.2 Å². The van der Waals surface area contributed by atoms with Crippen molar-refractivity contribution >= 4 is 26.7 Å². The van der Waals surface area contributed by atoms with Gasteiger partial charge in [0.15, 0.2) is 0 Å². The summed E-state index contributed by atoms with van der Waals surface area (Å²) in [5.74, 6) is 1.12. The highest BCUT2D eigenvalue weighted by Gasteiger charge is 2.57. The zero-order chi connectivity index (χ0) is 18.5. The predicted molar refractivity (Wildman–Crippen MR) is 104 cm³/mol. The largest absolute Gasteiger partial charge is 0.341 e. The van der Waals surface area contributed by atoms with Gasteiger partial charge in [-0.15, -0.1) is 0 Å². The molecule has 26 heavy (non-hydrogen) atoms. The molecule has 1 aliphatic heterocycles. The first-order chi connectivity index (χ1) is 12.3. The molecule has 2 aliphatic rings. The minimum Gasteiger partial charge on any atom is -0.341 e. The average molecular weight is 378 g/mol. The van der Waals surface area contributed by atoms with E-state index in [-0.39, 0.29) is 5.92 Å². The van der Waals surface area contributed by atoms with E-state index in [1.807, 2.05) is 26.0 Å². The number of nitrogens with zero attached hydrogens (tertiary/aromatic N) is 3. The van der Waals surface area contributed by atoms with Gasteiger partial charge in [0.1, 0.15) is 5.82 Å². The summed E-state index contributed by atoms with van der Waals surface area (Å²) in [4.78, 5) is 12.7. The van der Waals surface area contributed by atoms with Crippen molar-refractivity contribution < 1.29 is 8.42 Å². The number of aromatic amines is 1. The molecule has 0 unspecified atom stereocenters. The molecule has 0 amide bonds. The van der Waals surface area contributed by atoms with E-state index in [9.17, 15) is 8.42 Å². The lowest BCUT2D eigenvalue weighted by Crippen LogP contribution is -2.44. The second kappa shape index (κ2) is 6.21. The summed E-state index contributed by atoms with van der Waals surface area (Å²) in [6.45, 7) is 8.79. The number of hydrogen-bond donors (Lipinski definition) is 2. The number of benzene rings is 1. The van der Waals surface area contributed by atoms with Gasteiger partial charge in [-0.3, -0.25) is 9.62 Å². The number of anilines is 1. The number of fused-ring (bicyclic) bond motifs is 1. The van der Waals surface area contributed by atoms with E-state index in [1.165, 1.54) is 0 Å². The Morgan fingerprint density at radius 2 is 2.00 bits per heavy atom. The van der Waals surface area contributed by atoms with Gasteiger partial charge in [-0.05, 0) is 44.5 Å². The highest BCUT2D eigenvalue weighted by molar-refractivity contribution is 7.94. The van der Waals surface area contributed by atoms with Gasteiger partial charge in [-0.25, -0.2) is 13.4 Å². The van der Waals surface area contributed by atoms with Crippen molar-refractivity contribution in [3.8, 4) is 0 Å². The van der Waals surface area contributed by atoms with E-state index in [0.717, 1.165) is 49.6 Å². The Morgan fingerprint density at radius 1 is 1.31 bits per heavy atom. The highest BCUT2D eigenvalue weighted by atomic mass is 32.2. The molecule has 0 spiro atoms. The monoisotopic (exact) mass is 377 g/mol. The van der Waals surface area contributed by atoms with Crippen LogP contribution in [0.2, 0.25) is 0 Å². The Bertz CT molecular complexity index is 917. The van der Waals surface area contributed by atoms with Crippen molar-refractivity contribution in [2.75, 3.05) is 37.9 Å². The number of imidazole rings is 1. The number of hydrogen-bond acceptors (Lipinski definition) is 5. The fourth-order valence-electron chi connectivity index (χ4n) is 3.61. The topological polar surface area (TPSA) is 81.3 Å². The number of H-pyrrole nitrogens is 1. The summed E-state index contributed by atoms with van der Waals surface area (Å²) >= 11 is 0. The zero-order valence-corrected chi connectivity index (χ0v) is 16.4. The number of likely N-dealkylation sites (N-methyl/N-ethyl adjacent to an activating group) is 1. The smallest absolute Gasteiger partial charge is 0.238 e. The van der Waals surface area contributed by atoms with Crippen LogP contribution in [0.25, 0.3) is 11.0 Å². The first kappa shape index (κ1) is 17.8. The Balaban J connectivity index is 1.49. The molecule has 2 fully saturated rings. The Morgan fingerprint density at radius 3 is 2.65 bits per heavy atom. The van der Waals surface area contributed by atoms with Crippen molar-refractivity contribution in [1.82, 2.24) is 19.8 Å². The first-order valence-corrected chi connectivity index (χ1v) is 10.7. The van der Waals surface area contributed by atoms with Crippen LogP contribution >= 0.6 is 0 Å². The molecule has 0 radical (unpaired) electrons. The SMILES string of the molecule is C[C@@H]1C[C@@]1(C)S(=O)(=O)Nc1ccc2nc(CN3CCN(C)CC3)[nH]c2c1. The maximum absolute atomic E-state index is 12.6. The Hall–Kier alpha value is -1.64. The van der Waals surface area contributed by atoms with Crippen molar-refractivity contribution in [2.24, 2.45) is 5.92 Å². The van der Waals surface area contributed by atoms with Crippen LogP contribution in [0, 0.1) is 5.92 Å². The van der Waals surface area contributed by atoms with Gasteiger partial charge < -0.3 is 9.88 Å². The van der Waals surface area contributed by atoms with E-state index < -0.39 is 14.8 Å². The Labute approximate surface area is 154 Å². The minimum atomic E-state index is -3.38. The summed E-state index contributed by atoms with van der Waals surface area (Å²) in [6, 6.07) is 5.50. The quantitative estimate of drug-likeness (QED) is 0.831. The van der Waals surface area contributed by atoms with Crippen molar-refractivity contribution in [3.05, 3.63) is 24.0 Å². The average Bonchev–Trinajstić information content (AvgIpc) is 3.03. The third-order valence-corrected chi connectivity index (χ3v) is 8.26. The third kappa shape index (κ3) is 3.21. The molecular weight excluding hydrogens is 350 g/mol. The second-order valence-corrected chi connectivity index (χ2v) is 10.2. The molecule has 7 nitrogen and oxygen atoms in total. The van der Waals surface area contributed by atoms with Crippen LogP contribution in [0.3, 0.4) is 0 Å². The summed E-state index contributed by atoms with van der Waals surface area (Å²) in [6.07, 6.45) is 0.712. The van der Waals surface area contributed by atoms with Gasteiger partial charge in [-0.2, -0.15) is 0 Å². The van der Waals surface area contributed by atoms with Gasteiger partial charge in [0, 0.05) is 26.2 Å². The summed E-state index contributed by atoms with van der Waals surface area (Å²) in [5, 5.41) is 0. The number of aromatic nitrogens is 2. The standard InChI is InChI=1S/C18H27N5O2S/c1-13-11-18(13,2)26(24,25)21-14-4-5-15-16(10-14)20-17(19-15)12-23-8-6-22(3)7-9-23/h4-5,10,13,21H,6-9,11-12H2,1-3H3,(H,19,20)/t13-,18-/m1/s1. The first-order valence-electron chi connectivity index (χ1n) is 9.19. The van der Waals surface area contributed by atoms with Gasteiger partial charge >= 0.3 is 0 Å². The third-order valence-electron chi connectivity index (χ3n) is 5.96. The molecule has 2 heterocycles. The van der Waals surface area contributed by atoms with E-state index in [1.54, 1.807) is 6.07 Å². The lowest BCUT2D eigenvalue weighted by atomic mass is 10.3. The molecule has 2 N–H and O–H groups in total. The Kier molecular flexibility index (Phi) is 4.24. The van der Waals surface area contributed by atoms with Gasteiger partial charge in [-0.1, -0.05) is 6.92 Å². The molecule has 8 heteroatoms. The molecule has 1 saturated carbocycles. The highest BCUT2D eigenvalue weighted by Crippen LogP contribution is 2.49. The molecule has 0 bridgehead atoms. The van der Waals surface area contributed by atoms with Gasteiger partial charge in [0.05, 0.1) is 28.0 Å². The van der Waals surface area contributed by atoms with E-state index in [2.05, 4.69) is 31.5 Å². The fourth-order valence-corrected chi connectivity index (χ4v) is 5.28. The number of nitrogens with one attached hydrogen (secondary N) is 2. The molecule has 2 aromatic rings. The van der Waals surface area contributed by atoms with Gasteiger partial charge in [0.25, 0.3) is 0 Å². The molecule has 2 atom stereocenters. The van der Waals surface area contributed by atoms with Crippen LogP contribution < -0.4 is 4.72 Å². The predicted octanol–water partition coefficient (Wildman–Crippen LogP) is 1.85. The van der Waals surface area contributed by atoms with E-state index in [0.29, 0.717) is 12.1 Å². The van der Waals surface area contributed by atoms with Crippen LogP contribution in [0.5, 0.6) is 0 Å². The van der Waals surface area contributed by atoms with Crippen molar-refractivity contribution in [1.29, 1.82) is 0 Å². The molecule has 142 valence electrons. The van der Waals surface area contributed by atoms with Crippen LogP contribution in [0.1, 0.15) is 26.1 Å². The second-order valence-electron chi connectivity index (χ2n) is 8.02. The van der Waals surface area contributed by atoms with E-state index >= 15 is 0 Å². The van der Waals surface area contributed by atoms with E-state index in [4.69, 9.17) is 0 Å². The lowest BCUT2D eigenvalue weighted by Gasteiger charge is -2.31. The summed E-state index contributed by atoms with van der Waals surface area (Å²) in [5.41, 5.74) is 2.32. The normalized spacial score (nSPS) is 27.7. The van der Waals surface area contributed by atoms with Gasteiger partial charge in [0.2, 0.25) is 10.0 Å². The summed E-state index contributed by atoms with van der Waals surface area (Å²) < 4.78 is 27.3. The molecule has 1 saturated heterocycles. The molecule has 1 aromatic heterocycles. The van der Waals surface area contributed by atoms with Crippen LogP contribution in [0.15, 0.2) is 18.2 Å². The maximum atomic E-state index is 12.6. The molecule has 1 aromatic carbocycles. The molecule has 4 rings (SSSR count). The van der Waals surface area contributed by atoms with Crippen LogP contribution in [0.4, 0.5) is 5.69 Å². The molecular formula is C18H27N5O2S. The number of rotatable bonds is 5. The number of sulfonamides is 1. The van der Waals surface area contributed by atoms with Crippen LogP contribution in [-0.2, 0) is 16.6 Å². The minimum absolute atomic E-state index is 0.200. The number of piperazine rings is 1. The molecule has 1 aliphatic carbocycles. The fraction of sp³-hybridized carbons (Fsp3) is 0.611. The zero-order valence-electron chi connectivity index (χ0n) is 15.6. The summed E-state index contributed by atoms with van der Waals surface area (Å²) in [7, 11) is -1.23. The van der Waals surface area contributed by atoms with Crippen molar-refractivity contribution in [3.63, 3.8) is 0 Å².